The molecular formula is C41H34F4N8O2. The van der Waals surface area contributed by atoms with Crippen molar-refractivity contribution in [3.8, 4) is 35.7 Å². The van der Waals surface area contributed by atoms with E-state index in [2.05, 4.69) is 31.8 Å². The number of fused-ring (bicyclic) bond motifs is 3. The van der Waals surface area contributed by atoms with Crippen molar-refractivity contribution >= 4 is 39.5 Å². The predicted octanol–water partition coefficient (Wildman–Crippen LogP) is 6.40. The maximum atomic E-state index is 17.0. The first kappa shape index (κ1) is 35.9. The van der Waals surface area contributed by atoms with Crippen molar-refractivity contribution < 1.29 is 27.1 Å². The van der Waals surface area contributed by atoms with Crippen LogP contribution in [0.1, 0.15) is 36.9 Å². The molecule has 0 N–H and O–H groups in total. The molecule has 14 heteroatoms. The first-order valence-corrected chi connectivity index (χ1v) is 18.0. The van der Waals surface area contributed by atoms with Gasteiger partial charge in [-0.05, 0) is 43.0 Å². The van der Waals surface area contributed by atoms with Gasteiger partial charge in [-0.1, -0.05) is 36.3 Å². The zero-order valence-corrected chi connectivity index (χ0v) is 29.6. The number of rotatable bonds is 8. The molecule has 0 aliphatic carbocycles. The number of nitriles is 1. The molecule has 5 aromatic rings. The molecular weight excluding hydrogens is 712 g/mol. The Labute approximate surface area is 314 Å². The summed E-state index contributed by atoms with van der Waals surface area (Å²) in [5, 5.41) is 10.8. The zero-order chi connectivity index (χ0) is 38.3. The number of pyridine rings is 2. The third-order valence-electron chi connectivity index (χ3n) is 10.8. The number of carbonyl (C=O) groups excluding carboxylic acids is 1. The molecule has 3 aliphatic rings. The lowest BCUT2D eigenvalue weighted by Gasteiger charge is -2.41. The highest BCUT2D eigenvalue weighted by Crippen LogP contribution is 2.41. The molecule has 2 unspecified atom stereocenters. The number of hydrogen-bond donors (Lipinski definition) is 0. The van der Waals surface area contributed by atoms with E-state index < -0.39 is 41.1 Å². The van der Waals surface area contributed by atoms with Crippen molar-refractivity contribution in [2.75, 3.05) is 44.2 Å². The number of amides is 1. The molecule has 1 amide bonds. The maximum Gasteiger partial charge on any atom is 0.319 e. The van der Waals surface area contributed by atoms with Gasteiger partial charge in [-0.15, -0.1) is 6.42 Å². The monoisotopic (exact) mass is 746 g/mol. The molecule has 3 saturated heterocycles. The molecule has 3 aliphatic heterocycles. The lowest BCUT2D eigenvalue weighted by atomic mass is 9.95. The normalized spacial score (nSPS) is 21.5. The molecule has 278 valence electrons. The third kappa shape index (κ3) is 6.57. The average molecular weight is 747 g/mol. The van der Waals surface area contributed by atoms with Crippen LogP contribution in [0.2, 0.25) is 0 Å². The van der Waals surface area contributed by atoms with E-state index in [1.807, 2.05) is 0 Å². The fraction of sp³-hybridized carbons (Fsp3) is 0.317. The van der Waals surface area contributed by atoms with E-state index in [1.54, 1.807) is 47.4 Å². The largest absolute Gasteiger partial charge is 0.461 e. The van der Waals surface area contributed by atoms with E-state index in [9.17, 15) is 18.8 Å². The molecule has 3 aromatic heterocycles. The average Bonchev–Trinajstić information content (AvgIpc) is 3.73. The number of carbonyl (C=O) groups is 1. The third-order valence-corrected chi connectivity index (χ3v) is 10.8. The summed E-state index contributed by atoms with van der Waals surface area (Å²) >= 11 is 0. The number of piperazine rings is 1. The lowest BCUT2D eigenvalue weighted by molar-refractivity contribution is -0.131. The summed E-state index contributed by atoms with van der Waals surface area (Å²) in [6.07, 6.45) is 10.4. The fourth-order valence-electron chi connectivity index (χ4n) is 8.24. The standard InChI is InChI=1S/C41H34F4N8O2/c1-2-29-32(43)11-10-25-7-5-9-30(34(25)29)36-35(45)37-31(21-48-36)38(50-40(49-37)55-24-41-13-6-16-52(41)22-26(42)20-41)51-17-18-53(28(23-51)12-14-46)39(54)33(44)19-27-8-3-4-15-47-27/h1,3-5,7-11,15,19,21,26,28H,6,12-13,16-18,20,22-24H2/b33-19-/t26?,28?,41-/m0/s1. The molecule has 0 radical (unpaired) electrons. The predicted molar refractivity (Wildman–Crippen MR) is 198 cm³/mol. The Balaban J connectivity index is 1.20. The van der Waals surface area contributed by atoms with Crippen LogP contribution in [0.5, 0.6) is 6.01 Å². The van der Waals surface area contributed by atoms with E-state index >= 15 is 8.78 Å². The quantitative estimate of drug-likeness (QED) is 0.101. The number of aromatic nitrogens is 4. The van der Waals surface area contributed by atoms with Crippen molar-refractivity contribution in [2.24, 2.45) is 0 Å². The highest BCUT2D eigenvalue weighted by atomic mass is 19.1. The first-order valence-electron chi connectivity index (χ1n) is 18.0. The molecule has 55 heavy (non-hydrogen) atoms. The Morgan fingerprint density at radius 3 is 2.75 bits per heavy atom. The summed E-state index contributed by atoms with van der Waals surface area (Å²) in [5.41, 5.74) is -0.325. The molecule has 3 fully saturated rings. The van der Waals surface area contributed by atoms with E-state index in [-0.39, 0.29) is 77.9 Å². The van der Waals surface area contributed by atoms with Gasteiger partial charge in [0, 0.05) is 62.0 Å². The highest BCUT2D eigenvalue weighted by molar-refractivity contribution is 6.02. The van der Waals surface area contributed by atoms with E-state index in [0.29, 0.717) is 23.7 Å². The molecule has 2 aromatic carbocycles. The Bertz CT molecular complexity index is 2430. The molecule has 3 atom stereocenters. The van der Waals surface area contributed by atoms with Gasteiger partial charge in [0.15, 0.2) is 11.6 Å². The summed E-state index contributed by atoms with van der Waals surface area (Å²) in [7, 11) is 0. The Morgan fingerprint density at radius 2 is 1.95 bits per heavy atom. The number of halogens is 4. The van der Waals surface area contributed by atoms with Crippen LogP contribution in [-0.4, -0.2) is 92.7 Å². The number of ether oxygens (including phenoxy) is 1. The SMILES string of the molecule is C#Cc1c(F)ccc2cccc(-c3ncc4c(N5CCN(C(=O)/C(F)=C/c6ccccn6)C(CC#N)C5)nc(OC[C@@]56CCCN5CC(F)C6)nc4c3F)c12. The van der Waals surface area contributed by atoms with Crippen LogP contribution in [0.15, 0.2) is 66.8 Å². The smallest absolute Gasteiger partial charge is 0.319 e. The highest BCUT2D eigenvalue weighted by Gasteiger charge is 2.49. The van der Waals surface area contributed by atoms with Gasteiger partial charge in [-0.2, -0.15) is 15.2 Å². The maximum absolute atomic E-state index is 17.0. The van der Waals surface area contributed by atoms with E-state index in [1.165, 1.54) is 23.4 Å². The Hall–Kier alpha value is -6.12. The van der Waals surface area contributed by atoms with Crippen molar-refractivity contribution in [3.05, 3.63) is 89.6 Å². The number of terminal acetylenes is 1. The number of alkyl halides is 1. The summed E-state index contributed by atoms with van der Waals surface area (Å²) in [4.78, 5) is 36.3. The van der Waals surface area contributed by atoms with Crippen LogP contribution in [0.3, 0.4) is 0 Å². The van der Waals surface area contributed by atoms with Gasteiger partial charge in [0.05, 0.1) is 40.7 Å². The van der Waals surface area contributed by atoms with E-state index in [4.69, 9.17) is 16.1 Å². The Morgan fingerprint density at radius 1 is 1.07 bits per heavy atom. The van der Waals surface area contributed by atoms with Crippen molar-refractivity contribution in [1.82, 2.24) is 29.7 Å². The van der Waals surface area contributed by atoms with Crippen LogP contribution in [0.25, 0.3) is 39.0 Å². The van der Waals surface area contributed by atoms with Gasteiger partial charge in [-0.3, -0.25) is 19.7 Å². The van der Waals surface area contributed by atoms with Crippen LogP contribution in [-0.2, 0) is 4.79 Å². The van der Waals surface area contributed by atoms with Crippen LogP contribution in [0.4, 0.5) is 23.4 Å². The van der Waals surface area contributed by atoms with E-state index in [0.717, 1.165) is 25.5 Å². The molecule has 0 spiro atoms. The second-order valence-electron chi connectivity index (χ2n) is 14.1. The summed E-state index contributed by atoms with van der Waals surface area (Å²) in [5.74, 6) is -0.774. The van der Waals surface area contributed by atoms with Gasteiger partial charge in [0.2, 0.25) is 0 Å². The summed E-state index contributed by atoms with van der Waals surface area (Å²) < 4.78 is 68.0. The van der Waals surface area contributed by atoms with Gasteiger partial charge in [-0.25, -0.2) is 17.6 Å². The van der Waals surface area contributed by atoms with Crippen molar-refractivity contribution in [3.63, 3.8) is 0 Å². The second kappa shape index (κ2) is 14.6. The van der Waals surface area contributed by atoms with Gasteiger partial charge in [0.25, 0.3) is 5.91 Å². The van der Waals surface area contributed by atoms with Crippen molar-refractivity contribution in [2.45, 2.75) is 43.4 Å². The minimum atomic E-state index is -1.03. The molecule has 8 rings (SSSR count). The van der Waals surface area contributed by atoms with Gasteiger partial charge in [0.1, 0.15) is 35.6 Å². The molecule has 6 heterocycles. The second-order valence-corrected chi connectivity index (χ2v) is 14.1. The number of benzene rings is 2. The van der Waals surface area contributed by atoms with Crippen LogP contribution in [0, 0.1) is 35.3 Å². The van der Waals surface area contributed by atoms with Crippen LogP contribution >= 0.6 is 0 Å². The zero-order valence-electron chi connectivity index (χ0n) is 29.6. The summed E-state index contributed by atoms with van der Waals surface area (Å²) in [6, 6.07) is 13.9. The van der Waals surface area contributed by atoms with Crippen molar-refractivity contribution in [1.29, 1.82) is 5.26 Å². The molecule has 10 nitrogen and oxygen atoms in total. The fourth-order valence-corrected chi connectivity index (χ4v) is 8.24. The van der Waals surface area contributed by atoms with Crippen LogP contribution < -0.4 is 9.64 Å². The number of anilines is 1. The van der Waals surface area contributed by atoms with Gasteiger partial charge >= 0.3 is 6.01 Å². The molecule has 0 saturated carbocycles. The van der Waals surface area contributed by atoms with Gasteiger partial charge < -0.3 is 14.5 Å². The minimum Gasteiger partial charge on any atom is -0.461 e. The first-order chi connectivity index (χ1) is 26.7. The number of nitrogens with zero attached hydrogens (tertiary/aromatic N) is 8. The topological polar surface area (TPSA) is 111 Å². The lowest BCUT2D eigenvalue weighted by Crippen LogP contribution is -2.55. The number of hydrogen-bond acceptors (Lipinski definition) is 9. The minimum absolute atomic E-state index is 0.0106. The molecule has 0 bridgehead atoms. The summed E-state index contributed by atoms with van der Waals surface area (Å²) in [6.45, 7) is 1.31. The Kier molecular flexibility index (Phi) is 9.53.